The van der Waals surface area contributed by atoms with Crippen LogP contribution in [0, 0.1) is 5.41 Å². The van der Waals surface area contributed by atoms with Gasteiger partial charge < -0.3 is 50.9 Å². The van der Waals surface area contributed by atoms with E-state index >= 15 is 0 Å². The number of amides is 2. The Balaban J connectivity index is 1.14. The third kappa shape index (κ3) is 33.4. The van der Waals surface area contributed by atoms with Gasteiger partial charge in [-0.1, -0.05) is 184 Å². The van der Waals surface area contributed by atoms with Crippen molar-refractivity contribution in [3.8, 4) is 0 Å². The number of ether oxygens (including phenoxy) is 1. The predicted octanol–water partition coefficient (Wildman–Crippen LogP) is 10.8. The molecule has 0 radical (unpaired) electrons. The number of thioether (sulfide) groups is 1. The molecule has 2 unspecified atom stereocenters. The Labute approximate surface area is 506 Å². The molecule has 1 aliphatic heterocycles. The number of hydrogen-bond donors (Lipinski definition) is 9. The first-order valence-corrected chi connectivity index (χ1v) is 35.4. The minimum atomic E-state index is -5.59. The number of nitrogen functional groups attached to an aromatic ring is 1. The Morgan fingerprint density at radius 1 is 0.729 bits per heavy atom. The van der Waals surface area contributed by atoms with Gasteiger partial charge >= 0.3 is 23.5 Å². The van der Waals surface area contributed by atoms with Gasteiger partial charge in [-0.25, -0.2) is 28.6 Å². The second-order valence-electron chi connectivity index (χ2n) is 21.6. The van der Waals surface area contributed by atoms with Crippen LogP contribution in [0.4, 0.5) is 5.82 Å². The number of fused-ring (bicyclic) bond motifs is 1. The highest BCUT2D eigenvalue weighted by Crippen LogP contribution is 2.61. The highest BCUT2D eigenvalue weighted by atomic mass is 32.2. The van der Waals surface area contributed by atoms with Gasteiger partial charge in [-0.05, 0) is 63.9 Å². The number of aromatic nitrogens is 4. The molecule has 0 bridgehead atoms. The summed E-state index contributed by atoms with van der Waals surface area (Å²) in [6.07, 6.45) is 44.2. The minimum absolute atomic E-state index is 0.0321. The molecule has 10 N–H and O–H groups in total. The van der Waals surface area contributed by atoms with Gasteiger partial charge in [0.15, 0.2) is 17.7 Å². The van der Waals surface area contributed by atoms with Crippen molar-refractivity contribution in [1.29, 1.82) is 0 Å². The van der Waals surface area contributed by atoms with Crippen LogP contribution < -0.4 is 16.4 Å². The number of nitrogens with one attached hydrogen (secondary N) is 2. The maximum absolute atomic E-state index is 12.8. The molecule has 2 amide bonds. The van der Waals surface area contributed by atoms with E-state index in [-0.39, 0.29) is 41.6 Å². The van der Waals surface area contributed by atoms with Crippen molar-refractivity contribution in [1.82, 2.24) is 30.2 Å². The average molecular weight is 1280 g/mol. The Kier molecular flexibility index (Phi) is 37.5. The number of aliphatic hydroxyl groups excluding tert-OH is 2. The van der Waals surface area contributed by atoms with Crippen molar-refractivity contribution >= 4 is 69.1 Å². The number of phosphoric acid groups is 3. The van der Waals surface area contributed by atoms with E-state index in [2.05, 4.69) is 90.0 Å². The third-order valence-corrected chi connectivity index (χ3v) is 17.6. The summed E-state index contributed by atoms with van der Waals surface area (Å²) in [6.45, 7) is 2.76. The van der Waals surface area contributed by atoms with E-state index in [1.54, 1.807) is 6.08 Å². The largest absolute Gasteiger partial charge is 0.481 e. The summed E-state index contributed by atoms with van der Waals surface area (Å²) in [5, 5.41) is 26.6. The van der Waals surface area contributed by atoms with Crippen molar-refractivity contribution in [2.75, 3.05) is 37.8 Å². The lowest BCUT2D eigenvalue weighted by molar-refractivity contribution is -0.137. The Morgan fingerprint density at radius 2 is 1.25 bits per heavy atom. The highest BCUT2D eigenvalue weighted by Gasteiger charge is 2.50. The number of phosphoric ester groups is 3. The fourth-order valence-corrected chi connectivity index (χ4v) is 12.3. The summed E-state index contributed by atoms with van der Waals surface area (Å²) in [7, 11) is -16.4. The van der Waals surface area contributed by atoms with Crippen molar-refractivity contribution < 1.29 is 80.5 Å². The molecule has 0 aliphatic carbocycles. The average Bonchev–Trinajstić information content (AvgIpc) is 2.05. The number of nitrogens with two attached hydrogens (primary N) is 1. The van der Waals surface area contributed by atoms with Gasteiger partial charge in [-0.2, -0.15) is 4.31 Å². The van der Waals surface area contributed by atoms with Crippen LogP contribution in [0.5, 0.6) is 0 Å². The third-order valence-electron chi connectivity index (χ3n) is 13.7. The van der Waals surface area contributed by atoms with Crippen molar-refractivity contribution in [2.24, 2.45) is 5.41 Å². The topological polar surface area (TPSA) is 364 Å². The van der Waals surface area contributed by atoms with Crippen LogP contribution in [0.1, 0.15) is 188 Å². The van der Waals surface area contributed by atoms with E-state index in [4.69, 9.17) is 19.5 Å². The smallest absolute Gasteiger partial charge is 0.386 e. The minimum Gasteiger partial charge on any atom is -0.386 e. The summed E-state index contributed by atoms with van der Waals surface area (Å²) < 4.78 is 62.6. The normalized spacial score (nSPS) is 18.8. The molecule has 1 aliphatic rings. The molecule has 7 atom stereocenters. The number of aliphatic hydroxyl groups is 2. The lowest BCUT2D eigenvalue weighted by atomic mass is 9.87. The molecule has 1 saturated heterocycles. The van der Waals surface area contributed by atoms with Gasteiger partial charge in [-0.3, -0.25) is 32.5 Å². The van der Waals surface area contributed by atoms with Crippen LogP contribution in [0.2, 0.25) is 0 Å². The standard InChI is InChI=1S/C57H96N7O17P3S/c1-4-5-6-7-8-9-10-11-12-13-14-15-16-17-18-19-20-21-22-23-24-25-26-27-28-29-30-31-32-33-34-35-36-37-48(66)85-41-40-59-47(65)38-39-60-55(69)52(68)57(2,3)43-78-84(75,76)81-83(73,74)77-42-46-51(80-82(70,71)72)50(67)56(79-46)64-45-63-49-53(58)61-44-62-54(49)64/h8-9,11-12,14-15,17-18,36-37,44-46,50-52,56,67-68H,4-7,10,13,16,19-35,38-43H2,1-3H3,(H,59,65)(H,60,69)(H,73,74)(H,75,76)(H2,58,61,62)(H2,70,71,72)/b9-8-,12-11-,15-14-,18-17-,37-36+/t46-,50-,51-,52+,56-/m1/s1. The van der Waals surface area contributed by atoms with E-state index in [1.165, 1.54) is 129 Å². The maximum Gasteiger partial charge on any atom is 0.481 e. The lowest BCUT2D eigenvalue weighted by Gasteiger charge is -2.30. The van der Waals surface area contributed by atoms with Crippen LogP contribution in [0.25, 0.3) is 11.2 Å². The maximum atomic E-state index is 12.8. The summed E-state index contributed by atoms with van der Waals surface area (Å²) >= 11 is 1.07. The molecule has 3 rings (SSSR count). The Morgan fingerprint density at radius 3 is 1.80 bits per heavy atom. The molecular weight excluding hydrogens is 1180 g/mol. The van der Waals surface area contributed by atoms with E-state index < -0.39 is 84.6 Å². The number of hydrogen-bond acceptors (Lipinski definition) is 18. The van der Waals surface area contributed by atoms with E-state index in [0.29, 0.717) is 5.75 Å². The van der Waals surface area contributed by atoms with Crippen LogP contribution in [0.15, 0.2) is 73.4 Å². The van der Waals surface area contributed by atoms with Gasteiger partial charge in [0.1, 0.15) is 36.3 Å². The van der Waals surface area contributed by atoms with E-state index in [0.717, 1.165) is 67.5 Å². The van der Waals surface area contributed by atoms with Crippen LogP contribution in [0.3, 0.4) is 0 Å². The van der Waals surface area contributed by atoms with Crippen molar-refractivity contribution in [2.45, 2.75) is 212 Å². The number of anilines is 1. The first kappa shape index (κ1) is 75.5. The molecule has 482 valence electrons. The molecule has 2 aromatic rings. The molecule has 0 saturated carbocycles. The van der Waals surface area contributed by atoms with Crippen molar-refractivity contribution in [3.05, 3.63) is 73.4 Å². The molecule has 1 fully saturated rings. The second kappa shape index (κ2) is 42.2. The number of rotatable bonds is 48. The number of carbonyl (C=O) groups is 3. The molecule has 24 nitrogen and oxygen atoms in total. The number of imidazole rings is 1. The van der Waals surface area contributed by atoms with Gasteiger partial charge in [0, 0.05) is 30.7 Å². The fraction of sp³-hybridized carbons (Fsp3) is 0.684. The summed E-state index contributed by atoms with van der Waals surface area (Å²) in [4.78, 5) is 88.7. The number of carbonyl (C=O) groups excluding carboxylic acids is 3. The SMILES string of the molecule is CCCCC/C=C\C/C=C\C/C=C\C/C=C\CCCCCCCCCCCCCCCCC/C=C/C(=O)SCCNC(=O)CCNC(=O)[C@H](O)C(C)(C)COP(=O)(O)OP(=O)(O)OC[C@H]1O[C@@H](n2cnc3c(N)ncnc32)[C@H](O)[C@@H]1OP(=O)(O)O. The van der Waals surface area contributed by atoms with Crippen LogP contribution in [-0.4, -0.2) is 123 Å². The van der Waals surface area contributed by atoms with Crippen molar-refractivity contribution in [3.63, 3.8) is 0 Å². The summed E-state index contributed by atoms with van der Waals surface area (Å²) in [5.41, 5.74) is 4.29. The van der Waals surface area contributed by atoms with E-state index in [1.807, 2.05) is 6.08 Å². The Bertz CT molecular complexity index is 2560. The summed E-state index contributed by atoms with van der Waals surface area (Å²) in [6, 6.07) is 0. The van der Waals surface area contributed by atoms with Gasteiger partial charge in [0.2, 0.25) is 16.9 Å². The molecule has 3 heterocycles. The van der Waals surface area contributed by atoms with E-state index in [9.17, 15) is 57.9 Å². The lowest BCUT2D eigenvalue weighted by Crippen LogP contribution is -2.46. The first-order chi connectivity index (χ1) is 40.6. The fourth-order valence-electron chi connectivity index (χ4n) is 8.89. The number of unbranched alkanes of at least 4 members (excludes halogenated alkanes) is 19. The highest BCUT2D eigenvalue weighted by molar-refractivity contribution is 8.14. The second-order valence-corrected chi connectivity index (χ2v) is 26.9. The Hall–Kier alpha value is -3.74. The quantitative estimate of drug-likeness (QED) is 0.0129. The molecule has 0 aromatic carbocycles. The number of allylic oxidation sites excluding steroid dienone is 9. The molecule has 0 spiro atoms. The van der Waals surface area contributed by atoms with Gasteiger partial charge in [0.25, 0.3) is 0 Å². The summed E-state index contributed by atoms with van der Waals surface area (Å²) in [5.74, 6) is -1.10. The molecule has 2 aromatic heterocycles. The molecule has 85 heavy (non-hydrogen) atoms. The monoisotopic (exact) mass is 1280 g/mol. The van der Waals surface area contributed by atoms with Crippen LogP contribution >= 0.6 is 35.2 Å². The molecule has 28 heteroatoms. The zero-order valence-corrected chi connectivity index (χ0v) is 53.3. The van der Waals surface area contributed by atoms with Crippen LogP contribution in [-0.2, 0) is 50.7 Å². The zero-order chi connectivity index (χ0) is 62.4. The first-order valence-electron chi connectivity index (χ1n) is 29.9. The number of nitrogens with zero attached hydrogens (tertiary/aromatic N) is 4. The predicted molar refractivity (Wildman–Crippen MR) is 329 cm³/mol. The molecular formula is C57H96N7O17P3S. The zero-order valence-electron chi connectivity index (χ0n) is 49.8. The van der Waals surface area contributed by atoms with Gasteiger partial charge in [0.05, 0.1) is 19.5 Å². The van der Waals surface area contributed by atoms with Gasteiger partial charge in [-0.15, -0.1) is 0 Å².